The van der Waals surface area contributed by atoms with Crippen LogP contribution in [0, 0.1) is 0 Å². The van der Waals surface area contributed by atoms with E-state index >= 15 is 0 Å². The van der Waals surface area contributed by atoms with E-state index in [2.05, 4.69) is 16.0 Å². The van der Waals surface area contributed by atoms with Gasteiger partial charge in [0.2, 0.25) is 0 Å². The van der Waals surface area contributed by atoms with Crippen molar-refractivity contribution < 1.29 is 9.59 Å². The van der Waals surface area contributed by atoms with Gasteiger partial charge in [0.05, 0.1) is 10.3 Å². The molecule has 0 atom stereocenters. The molecule has 28 heavy (non-hydrogen) atoms. The van der Waals surface area contributed by atoms with Gasteiger partial charge in [0.25, 0.3) is 17.4 Å². The van der Waals surface area contributed by atoms with E-state index in [0.29, 0.717) is 22.2 Å². The molecule has 1 aliphatic rings. The summed E-state index contributed by atoms with van der Waals surface area (Å²) in [6.07, 6.45) is 4.30. The highest BCUT2D eigenvalue weighted by Crippen LogP contribution is 2.29. The summed E-state index contributed by atoms with van der Waals surface area (Å²) in [5.74, 6) is -0.908. The van der Waals surface area contributed by atoms with Crippen LogP contribution >= 0.6 is 11.3 Å². The number of aromatic nitrogens is 2. The standard InChI is InChI=1S/C20H20N4O3S/c1-2-24-20(27)14-9-5-4-8-13(14)17(23-24)19(26)22-21-18(25)16-11-12-7-3-6-10-15(12)28-16/h4-5,8-9,11H,2-3,6-7,10H2,1H3,(H,21,25)(H,22,26). The Kier molecular flexibility index (Phi) is 4.95. The van der Waals surface area contributed by atoms with Gasteiger partial charge in [0, 0.05) is 16.8 Å². The van der Waals surface area contributed by atoms with Gasteiger partial charge in [-0.05, 0) is 50.3 Å². The molecule has 7 nitrogen and oxygen atoms in total. The maximum Gasteiger partial charge on any atom is 0.290 e. The maximum absolute atomic E-state index is 12.7. The fourth-order valence-corrected chi connectivity index (χ4v) is 4.60. The van der Waals surface area contributed by atoms with E-state index < -0.39 is 5.91 Å². The fraction of sp³-hybridized carbons (Fsp3) is 0.300. The van der Waals surface area contributed by atoms with Crippen molar-refractivity contribution in [3.63, 3.8) is 0 Å². The Balaban J connectivity index is 1.55. The van der Waals surface area contributed by atoms with Crippen LogP contribution in [-0.4, -0.2) is 21.6 Å². The van der Waals surface area contributed by atoms with Crippen LogP contribution in [0.5, 0.6) is 0 Å². The molecule has 2 N–H and O–H groups in total. The second kappa shape index (κ2) is 7.55. The highest BCUT2D eigenvalue weighted by Gasteiger charge is 2.20. The number of nitrogens with one attached hydrogen (secondary N) is 2. The van der Waals surface area contributed by atoms with Gasteiger partial charge >= 0.3 is 0 Å². The van der Waals surface area contributed by atoms with Crippen molar-refractivity contribution in [1.82, 2.24) is 20.6 Å². The number of nitrogens with zero attached hydrogens (tertiary/aromatic N) is 2. The monoisotopic (exact) mass is 396 g/mol. The van der Waals surface area contributed by atoms with Crippen LogP contribution in [-0.2, 0) is 19.4 Å². The molecule has 4 rings (SSSR count). The number of hydrazine groups is 1. The highest BCUT2D eigenvalue weighted by atomic mass is 32.1. The summed E-state index contributed by atoms with van der Waals surface area (Å²) in [7, 11) is 0. The lowest BCUT2D eigenvalue weighted by Gasteiger charge is -2.10. The Bertz CT molecular complexity index is 1110. The molecule has 1 aromatic carbocycles. The van der Waals surface area contributed by atoms with Gasteiger partial charge in [-0.3, -0.25) is 25.2 Å². The first-order valence-electron chi connectivity index (χ1n) is 9.30. The second-order valence-electron chi connectivity index (χ2n) is 6.69. The maximum atomic E-state index is 12.7. The molecule has 0 saturated heterocycles. The Morgan fingerprint density at radius 3 is 2.57 bits per heavy atom. The van der Waals surface area contributed by atoms with Crippen LogP contribution in [0.1, 0.15) is 50.4 Å². The zero-order valence-electron chi connectivity index (χ0n) is 15.4. The summed E-state index contributed by atoms with van der Waals surface area (Å²) in [6, 6.07) is 8.73. The van der Waals surface area contributed by atoms with Crippen molar-refractivity contribution in [1.29, 1.82) is 0 Å². The average Bonchev–Trinajstić information content (AvgIpc) is 3.16. The Morgan fingerprint density at radius 1 is 1.11 bits per heavy atom. The van der Waals surface area contributed by atoms with Gasteiger partial charge in [0.15, 0.2) is 5.69 Å². The number of rotatable bonds is 3. The lowest BCUT2D eigenvalue weighted by molar-refractivity contribution is 0.0846. The van der Waals surface area contributed by atoms with Crippen molar-refractivity contribution in [2.75, 3.05) is 0 Å². The van der Waals surface area contributed by atoms with Crippen LogP contribution in [0.2, 0.25) is 0 Å². The van der Waals surface area contributed by atoms with E-state index in [0.717, 1.165) is 25.7 Å². The Hall–Kier alpha value is -3.00. The highest BCUT2D eigenvalue weighted by molar-refractivity contribution is 7.14. The molecule has 0 spiro atoms. The van der Waals surface area contributed by atoms with E-state index in [1.54, 1.807) is 31.2 Å². The number of aryl methyl sites for hydroxylation is 3. The zero-order valence-corrected chi connectivity index (χ0v) is 16.3. The Labute approximate surface area is 165 Å². The van der Waals surface area contributed by atoms with Gasteiger partial charge in [0.1, 0.15) is 0 Å². The number of fused-ring (bicyclic) bond motifs is 2. The summed E-state index contributed by atoms with van der Waals surface area (Å²) in [5.41, 5.74) is 5.98. The van der Waals surface area contributed by atoms with E-state index in [9.17, 15) is 14.4 Å². The molecule has 0 unspecified atom stereocenters. The molecule has 0 fully saturated rings. The minimum Gasteiger partial charge on any atom is -0.267 e. The lowest BCUT2D eigenvalue weighted by atomic mass is 9.99. The zero-order chi connectivity index (χ0) is 19.7. The fourth-order valence-electron chi connectivity index (χ4n) is 3.45. The van der Waals surface area contributed by atoms with Gasteiger partial charge in [-0.25, -0.2) is 4.68 Å². The first kappa shape index (κ1) is 18.4. The van der Waals surface area contributed by atoms with Gasteiger partial charge < -0.3 is 0 Å². The molecule has 2 amide bonds. The minimum absolute atomic E-state index is 0.0998. The molecule has 1 aliphatic carbocycles. The Morgan fingerprint density at radius 2 is 1.82 bits per heavy atom. The first-order chi connectivity index (χ1) is 13.6. The molecular weight excluding hydrogens is 376 g/mol. The molecular formula is C20H20N4O3S. The number of carbonyl (C=O) groups is 2. The molecule has 2 aromatic heterocycles. The van der Waals surface area contributed by atoms with Crippen LogP contribution in [0.15, 0.2) is 35.1 Å². The van der Waals surface area contributed by atoms with Crippen LogP contribution in [0.3, 0.4) is 0 Å². The molecule has 8 heteroatoms. The molecule has 3 aromatic rings. The third kappa shape index (κ3) is 3.31. The smallest absolute Gasteiger partial charge is 0.267 e. The number of amides is 2. The summed E-state index contributed by atoms with van der Waals surface area (Å²) in [6.45, 7) is 2.13. The number of thiophene rings is 1. The third-order valence-corrected chi connectivity index (χ3v) is 6.13. The number of benzene rings is 1. The lowest BCUT2D eigenvalue weighted by Crippen LogP contribution is -2.42. The van der Waals surface area contributed by atoms with E-state index in [-0.39, 0.29) is 17.2 Å². The SMILES string of the molecule is CCn1nc(C(=O)NNC(=O)c2cc3c(s2)CCCC3)c2ccccc2c1=O. The van der Waals surface area contributed by atoms with Crippen LogP contribution in [0.25, 0.3) is 10.8 Å². The van der Waals surface area contributed by atoms with Crippen LogP contribution < -0.4 is 16.4 Å². The van der Waals surface area contributed by atoms with Crippen molar-refractivity contribution in [3.05, 3.63) is 61.7 Å². The molecule has 0 radical (unpaired) electrons. The summed E-state index contributed by atoms with van der Waals surface area (Å²) in [5, 5.41) is 5.04. The number of carbonyl (C=O) groups excluding carboxylic acids is 2. The summed E-state index contributed by atoms with van der Waals surface area (Å²) < 4.78 is 1.24. The number of hydrogen-bond acceptors (Lipinski definition) is 5. The largest absolute Gasteiger partial charge is 0.290 e. The van der Waals surface area contributed by atoms with Gasteiger partial charge in [-0.15, -0.1) is 11.3 Å². The topological polar surface area (TPSA) is 93.1 Å². The number of hydrogen-bond donors (Lipinski definition) is 2. The molecule has 144 valence electrons. The minimum atomic E-state index is -0.562. The van der Waals surface area contributed by atoms with Gasteiger partial charge in [-0.2, -0.15) is 5.10 Å². The van der Waals surface area contributed by atoms with E-state index in [1.165, 1.54) is 26.5 Å². The van der Waals surface area contributed by atoms with Crippen LogP contribution in [0.4, 0.5) is 0 Å². The first-order valence-corrected chi connectivity index (χ1v) is 10.1. The van der Waals surface area contributed by atoms with Crippen molar-refractivity contribution >= 4 is 33.9 Å². The predicted molar refractivity (Wildman–Crippen MR) is 108 cm³/mol. The molecule has 2 heterocycles. The third-order valence-electron chi connectivity index (χ3n) is 4.89. The normalized spacial score (nSPS) is 13.2. The van der Waals surface area contributed by atoms with Crippen molar-refractivity contribution in [2.24, 2.45) is 0 Å². The second-order valence-corrected chi connectivity index (χ2v) is 7.83. The van der Waals surface area contributed by atoms with Crippen molar-refractivity contribution in [2.45, 2.75) is 39.2 Å². The predicted octanol–water partition coefficient (Wildman–Crippen LogP) is 2.43. The molecule has 0 aliphatic heterocycles. The van der Waals surface area contributed by atoms with E-state index in [1.807, 2.05) is 6.07 Å². The van der Waals surface area contributed by atoms with Crippen molar-refractivity contribution in [3.8, 4) is 0 Å². The van der Waals surface area contributed by atoms with E-state index in [4.69, 9.17) is 0 Å². The van der Waals surface area contributed by atoms with Gasteiger partial charge in [-0.1, -0.05) is 18.2 Å². The summed E-state index contributed by atoms with van der Waals surface area (Å²) in [4.78, 5) is 39.3. The molecule has 0 saturated carbocycles. The molecule has 0 bridgehead atoms. The quantitative estimate of drug-likeness (QED) is 0.665. The summed E-state index contributed by atoms with van der Waals surface area (Å²) >= 11 is 1.48. The average molecular weight is 396 g/mol.